The topological polar surface area (TPSA) is 55.5 Å². The smallest absolute Gasteiger partial charge is 0.155 e. The van der Waals surface area contributed by atoms with Crippen LogP contribution in [-0.4, -0.2) is 23.5 Å². The average Bonchev–Trinajstić information content (AvgIpc) is 2.61. The number of rotatable bonds is 2. The lowest BCUT2D eigenvalue weighted by Gasteiger charge is -2.20. The van der Waals surface area contributed by atoms with Crippen molar-refractivity contribution in [3.8, 4) is 0 Å². The lowest BCUT2D eigenvalue weighted by Crippen LogP contribution is -2.14. The van der Waals surface area contributed by atoms with E-state index < -0.39 is 0 Å². The molecule has 0 amide bonds. The number of ether oxygens (including phenoxy) is 1. The van der Waals surface area contributed by atoms with Crippen LogP contribution < -0.4 is 0 Å². The molecule has 0 spiro atoms. The SMILES string of the molecule is OCc1c(Br)noc1C1CCOCC1. The molecule has 0 radical (unpaired) electrons. The second-order valence-corrected chi connectivity index (χ2v) is 4.11. The summed E-state index contributed by atoms with van der Waals surface area (Å²) in [6.45, 7) is 1.48. The maximum absolute atomic E-state index is 9.16. The minimum absolute atomic E-state index is 0.0310. The van der Waals surface area contributed by atoms with Crippen molar-refractivity contribution < 1.29 is 14.4 Å². The van der Waals surface area contributed by atoms with Gasteiger partial charge in [-0.25, -0.2) is 0 Å². The second kappa shape index (κ2) is 4.42. The molecular formula is C9H12BrNO3. The monoisotopic (exact) mass is 261 g/mol. The van der Waals surface area contributed by atoms with E-state index in [0.29, 0.717) is 10.5 Å². The van der Waals surface area contributed by atoms with E-state index in [1.54, 1.807) is 0 Å². The number of halogens is 1. The third kappa shape index (κ3) is 1.85. The third-order valence-corrected chi connectivity index (χ3v) is 3.14. The van der Waals surface area contributed by atoms with E-state index in [9.17, 15) is 0 Å². The molecule has 1 aliphatic rings. The zero-order chi connectivity index (χ0) is 9.97. The van der Waals surface area contributed by atoms with E-state index in [1.165, 1.54) is 0 Å². The minimum Gasteiger partial charge on any atom is -0.391 e. The summed E-state index contributed by atoms with van der Waals surface area (Å²) in [5.41, 5.74) is 0.775. The molecule has 0 atom stereocenters. The van der Waals surface area contributed by atoms with E-state index in [0.717, 1.165) is 37.4 Å². The number of hydrogen-bond donors (Lipinski definition) is 1. The van der Waals surface area contributed by atoms with Gasteiger partial charge in [0, 0.05) is 19.1 Å². The summed E-state index contributed by atoms with van der Waals surface area (Å²) in [6.07, 6.45) is 1.88. The summed E-state index contributed by atoms with van der Waals surface area (Å²) in [5, 5.41) is 13.0. The maximum atomic E-state index is 9.16. The van der Waals surface area contributed by atoms with E-state index >= 15 is 0 Å². The maximum Gasteiger partial charge on any atom is 0.155 e. The van der Waals surface area contributed by atoms with E-state index in [-0.39, 0.29) is 6.61 Å². The molecule has 0 saturated carbocycles. The van der Waals surface area contributed by atoms with Gasteiger partial charge in [-0.2, -0.15) is 0 Å². The van der Waals surface area contributed by atoms with Gasteiger partial charge >= 0.3 is 0 Å². The van der Waals surface area contributed by atoms with Crippen LogP contribution in [0.5, 0.6) is 0 Å². The molecule has 0 aliphatic carbocycles. The Hall–Kier alpha value is -0.390. The molecule has 0 unspecified atom stereocenters. The van der Waals surface area contributed by atoms with Gasteiger partial charge in [-0.1, -0.05) is 5.16 Å². The van der Waals surface area contributed by atoms with Gasteiger partial charge in [-0.3, -0.25) is 0 Å². The number of nitrogens with zero attached hydrogens (tertiary/aromatic N) is 1. The fourth-order valence-corrected chi connectivity index (χ4v) is 2.12. The van der Waals surface area contributed by atoms with Crippen molar-refractivity contribution in [1.82, 2.24) is 5.16 Å². The molecule has 78 valence electrons. The summed E-state index contributed by atoms with van der Waals surface area (Å²) in [4.78, 5) is 0. The van der Waals surface area contributed by atoms with Crippen molar-refractivity contribution in [2.24, 2.45) is 0 Å². The molecule has 1 fully saturated rings. The molecule has 1 aromatic heterocycles. The van der Waals surface area contributed by atoms with Crippen LogP contribution in [0.3, 0.4) is 0 Å². The highest BCUT2D eigenvalue weighted by molar-refractivity contribution is 9.10. The first-order valence-corrected chi connectivity index (χ1v) is 5.44. The van der Waals surface area contributed by atoms with Gasteiger partial charge < -0.3 is 14.4 Å². The molecule has 0 bridgehead atoms. The lowest BCUT2D eigenvalue weighted by atomic mass is 9.95. The third-order valence-electron chi connectivity index (χ3n) is 2.52. The van der Waals surface area contributed by atoms with Crippen molar-refractivity contribution in [2.75, 3.05) is 13.2 Å². The van der Waals surface area contributed by atoms with Gasteiger partial charge in [0.15, 0.2) is 4.60 Å². The van der Waals surface area contributed by atoms with E-state index in [4.69, 9.17) is 14.4 Å². The highest BCUT2D eigenvalue weighted by atomic mass is 79.9. The van der Waals surface area contributed by atoms with E-state index in [1.807, 2.05) is 0 Å². The summed E-state index contributed by atoms with van der Waals surface area (Å²) >= 11 is 3.25. The number of aliphatic hydroxyl groups is 1. The Labute approximate surface area is 90.4 Å². The van der Waals surface area contributed by atoms with Gasteiger partial charge in [0.1, 0.15) is 5.76 Å². The molecule has 2 rings (SSSR count). The first kappa shape index (κ1) is 10.1. The van der Waals surface area contributed by atoms with Crippen LogP contribution in [0.2, 0.25) is 0 Å². The predicted molar refractivity (Wildman–Crippen MR) is 52.9 cm³/mol. The van der Waals surface area contributed by atoms with Crippen molar-refractivity contribution >= 4 is 15.9 Å². The minimum atomic E-state index is -0.0310. The average molecular weight is 262 g/mol. The first-order chi connectivity index (χ1) is 6.83. The predicted octanol–water partition coefficient (Wildman–Crippen LogP) is 1.82. The van der Waals surface area contributed by atoms with Crippen LogP contribution in [0.25, 0.3) is 0 Å². The molecule has 14 heavy (non-hydrogen) atoms. The first-order valence-electron chi connectivity index (χ1n) is 4.65. The number of aromatic nitrogens is 1. The van der Waals surface area contributed by atoms with Crippen LogP contribution in [0, 0.1) is 0 Å². The summed E-state index contributed by atoms with van der Waals surface area (Å²) in [7, 11) is 0. The standard InChI is InChI=1S/C9H12BrNO3/c10-9-7(5-12)8(14-11-9)6-1-3-13-4-2-6/h6,12H,1-5H2. The van der Waals surface area contributed by atoms with Gasteiger partial charge in [0.2, 0.25) is 0 Å². The number of aliphatic hydroxyl groups excluding tert-OH is 1. The summed E-state index contributed by atoms with van der Waals surface area (Å²) < 4.78 is 11.1. The quantitative estimate of drug-likeness (QED) is 0.883. The molecule has 2 heterocycles. The Bertz CT molecular complexity index is 307. The molecule has 1 N–H and O–H groups in total. The Morgan fingerprint density at radius 3 is 2.79 bits per heavy atom. The fraction of sp³-hybridized carbons (Fsp3) is 0.667. The van der Waals surface area contributed by atoms with Crippen LogP contribution in [0.1, 0.15) is 30.1 Å². The molecule has 1 saturated heterocycles. The Kier molecular flexibility index (Phi) is 3.20. The van der Waals surface area contributed by atoms with Crippen LogP contribution in [0.15, 0.2) is 9.13 Å². The second-order valence-electron chi connectivity index (χ2n) is 3.36. The van der Waals surface area contributed by atoms with Crippen molar-refractivity contribution in [2.45, 2.75) is 25.4 Å². The van der Waals surface area contributed by atoms with Crippen LogP contribution >= 0.6 is 15.9 Å². The van der Waals surface area contributed by atoms with Crippen LogP contribution in [-0.2, 0) is 11.3 Å². The van der Waals surface area contributed by atoms with Gasteiger partial charge in [0.05, 0.1) is 12.2 Å². The number of hydrogen-bond acceptors (Lipinski definition) is 4. The van der Waals surface area contributed by atoms with Gasteiger partial charge in [-0.15, -0.1) is 0 Å². The van der Waals surface area contributed by atoms with E-state index in [2.05, 4.69) is 21.1 Å². The highest BCUT2D eigenvalue weighted by Crippen LogP contribution is 2.32. The zero-order valence-corrected chi connectivity index (χ0v) is 9.29. The van der Waals surface area contributed by atoms with Crippen LogP contribution in [0.4, 0.5) is 0 Å². The molecule has 0 aromatic carbocycles. The Balaban J connectivity index is 2.21. The zero-order valence-electron chi connectivity index (χ0n) is 7.70. The normalized spacial score (nSPS) is 18.7. The van der Waals surface area contributed by atoms with Crippen molar-refractivity contribution in [3.05, 3.63) is 15.9 Å². The Morgan fingerprint density at radius 1 is 1.43 bits per heavy atom. The van der Waals surface area contributed by atoms with Crippen molar-refractivity contribution in [3.63, 3.8) is 0 Å². The molecular weight excluding hydrogens is 250 g/mol. The van der Waals surface area contributed by atoms with Gasteiger partial charge in [0.25, 0.3) is 0 Å². The summed E-state index contributed by atoms with van der Waals surface area (Å²) in [6, 6.07) is 0. The molecule has 5 heteroatoms. The Morgan fingerprint density at radius 2 is 2.14 bits per heavy atom. The lowest BCUT2D eigenvalue weighted by molar-refractivity contribution is 0.0784. The fourth-order valence-electron chi connectivity index (χ4n) is 1.72. The highest BCUT2D eigenvalue weighted by Gasteiger charge is 2.24. The largest absolute Gasteiger partial charge is 0.391 e. The molecule has 4 nitrogen and oxygen atoms in total. The molecule has 1 aromatic rings. The molecule has 1 aliphatic heterocycles. The van der Waals surface area contributed by atoms with Gasteiger partial charge in [-0.05, 0) is 28.8 Å². The van der Waals surface area contributed by atoms with Crippen molar-refractivity contribution in [1.29, 1.82) is 0 Å². The summed E-state index contributed by atoms with van der Waals surface area (Å²) in [5.74, 6) is 1.15.